The van der Waals surface area contributed by atoms with Gasteiger partial charge in [0.25, 0.3) is 5.69 Å². The molecule has 0 spiro atoms. The summed E-state index contributed by atoms with van der Waals surface area (Å²) in [5.74, 6) is 0.189. The zero-order valence-corrected chi connectivity index (χ0v) is 12.0. The maximum absolute atomic E-state index is 10.8. The van der Waals surface area contributed by atoms with Crippen LogP contribution in [0.3, 0.4) is 0 Å². The molecule has 0 aromatic carbocycles. The first-order chi connectivity index (χ1) is 10.0. The maximum atomic E-state index is 10.8. The lowest BCUT2D eigenvalue weighted by atomic mass is 10.2. The first-order valence-corrected chi connectivity index (χ1v) is 6.50. The number of rotatable bonds is 8. The third-order valence-electron chi connectivity index (χ3n) is 2.84. The van der Waals surface area contributed by atoms with E-state index in [4.69, 9.17) is 15.7 Å². The van der Waals surface area contributed by atoms with E-state index >= 15 is 0 Å². The third kappa shape index (κ3) is 4.28. The first kappa shape index (κ1) is 16.6. The van der Waals surface area contributed by atoms with Gasteiger partial charge >= 0.3 is 0 Å². The summed E-state index contributed by atoms with van der Waals surface area (Å²) < 4.78 is 5.29. The highest BCUT2D eigenvalue weighted by molar-refractivity contribution is 6.01. The fourth-order valence-corrected chi connectivity index (χ4v) is 1.77. The molecule has 0 saturated heterocycles. The lowest BCUT2D eigenvalue weighted by molar-refractivity contribution is -0.385. The molecule has 0 aliphatic carbocycles. The quantitative estimate of drug-likeness (QED) is 0.182. The minimum atomic E-state index is -0.582. The number of nitrogens with two attached hydrogens (primary N) is 1. The number of hydrogen-bond acceptors (Lipinski definition) is 7. The van der Waals surface area contributed by atoms with Crippen LogP contribution in [0.2, 0.25) is 0 Å². The molecule has 1 aromatic heterocycles. The number of nitrogens with zero attached hydrogens (tertiary/aromatic N) is 4. The molecule has 1 rings (SSSR count). The number of pyridine rings is 1. The van der Waals surface area contributed by atoms with Crippen LogP contribution in [0, 0.1) is 10.1 Å². The third-order valence-corrected chi connectivity index (χ3v) is 2.84. The fourth-order valence-electron chi connectivity index (χ4n) is 1.77. The van der Waals surface area contributed by atoms with Crippen LogP contribution in [-0.4, -0.2) is 47.3 Å². The number of likely N-dealkylation sites (N-methyl/N-ethyl adjacent to an activating group) is 1. The SMILES string of the molecule is CCOCCN(CC)c1ncc([N+](=O)[O-])cc1C(N)=NO. The summed E-state index contributed by atoms with van der Waals surface area (Å²) in [7, 11) is 0. The predicted octanol–water partition coefficient (Wildman–Crippen LogP) is 0.947. The topological polar surface area (TPSA) is 127 Å². The summed E-state index contributed by atoms with van der Waals surface area (Å²) in [6, 6.07) is 1.24. The van der Waals surface area contributed by atoms with Crippen LogP contribution in [0.1, 0.15) is 19.4 Å². The number of oxime groups is 1. The molecule has 0 amide bonds. The second kappa shape index (κ2) is 8.00. The zero-order valence-electron chi connectivity index (χ0n) is 12.0. The second-order valence-corrected chi connectivity index (χ2v) is 4.08. The Morgan fingerprint density at radius 3 is 2.86 bits per heavy atom. The summed E-state index contributed by atoms with van der Waals surface area (Å²) in [6.45, 7) is 6.02. The maximum Gasteiger partial charge on any atom is 0.288 e. The molecular weight excluding hydrogens is 278 g/mol. The monoisotopic (exact) mass is 297 g/mol. The standard InChI is InChI=1S/C12H19N5O4/c1-3-16(5-6-21-4-2)12-10(11(13)15-18)7-9(8-14-12)17(19)20/h7-8,18H,3-6H2,1-2H3,(H2,13,15). The van der Waals surface area contributed by atoms with Crippen molar-refractivity contribution in [1.82, 2.24) is 4.98 Å². The molecule has 0 radical (unpaired) electrons. The van der Waals surface area contributed by atoms with E-state index in [0.717, 1.165) is 6.20 Å². The predicted molar refractivity (Wildman–Crippen MR) is 77.8 cm³/mol. The van der Waals surface area contributed by atoms with Gasteiger partial charge in [0.2, 0.25) is 0 Å². The van der Waals surface area contributed by atoms with Crippen molar-refractivity contribution in [2.24, 2.45) is 10.9 Å². The zero-order chi connectivity index (χ0) is 15.8. The van der Waals surface area contributed by atoms with Crippen LogP contribution in [0.5, 0.6) is 0 Å². The summed E-state index contributed by atoms with van der Waals surface area (Å²) in [5, 5.41) is 22.6. The Bertz CT molecular complexity index is 520. The summed E-state index contributed by atoms with van der Waals surface area (Å²) in [6.07, 6.45) is 1.15. The van der Waals surface area contributed by atoms with Gasteiger partial charge in [-0.15, -0.1) is 0 Å². The molecule has 0 aliphatic rings. The minimum Gasteiger partial charge on any atom is -0.409 e. The van der Waals surface area contributed by atoms with Crippen molar-refractivity contribution in [3.63, 3.8) is 0 Å². The Kier molecular flexibility index (Phi) is 6.34. The molecule has 0 fully saturated rings. The van der Waals surface area contributed by atoms with Gasteiger partial charge in [-0.05, 0) is 13.8 Å². The Balaban J connectivity index is 3.16. The molecule has 0 atom stereocenters. The Morgan fingerprint density at radius 2 is 2.33 bits per heavy atom. The van der Waals surface area contributed by atoms with Crippen molar-refractivity contribution >= 4 is 17.3 Å². The molecule has 116 valence electrons. The van der Waals surface area contributed by atoms with Crippen LogP contribution in [-0.2, 0) is 4.74 Å². The van der Waals surface area contributed by atoms with E-state index < -0.39 is 4.92 Å². The van der Waals surface area contributed by atoms with Crippen LogP contribution in [0.15, 0.2) is 17.4 Å². The number of anilines is 1. The highest BCUT2D eigenvalue weighted by Crippen LogP contribution is 2.22. The van der Waals surface area contributed by atoms with Crippen molar-refractivity contribution in [1.29, 1.82) is 0 Å². The highest BCUT2D eigenvalue weighted by Gasteiger charge is 2.19. The van der Waals surface area contributed by atoms with E-state index in [9.17, 15) is 10.1 Å². The van der Waals surface area contributed by atoms with Gasteiger partial charge in [-0.3, -0.25) is 10.1 Å². The lowest BCUT2D eigenvalue weighted by Gasteiger charge is -2.23. The Morgan fingerprint density at radius 1 is 1.62 bits per heavy atom. The summed E-state index contributed by atoms with van der Waals surface area (Å²) >= 11 is 0. The molecule has 9 nitrogen and oxygen atoms in total. The van der Waals surface area contributed by atoms with Gasteiger partial charge in [0.05, 0.1) is 17.1 Å². The van der Waals surface area contributed by atoms with E-state index in [1.54, 1.807) is 0 Å². The molecule has 0 bridgehead atoms. The van der Waals surface area contributed by atoms with Gasteiger partial charge < -0.3 is 20.6 Å². The molecule has 0 aliphatic heterocycles. The Labute approximate surface area is 122 Å². The number of ether oxygens (including phenoxy) is 1. The van der Waals surface area contributed by atoms with Crippen molar-refractivity contribution in [2.75, 3.05) is 31.2 Å². The van der Waals surface area contributed by atoms with Gasteiger partial charge in [-0.2, -0.15) is 0 Å². The average molecular weight is 297 g/mol. The summed E-state index contributed by atoms with van der Waals surface area (Å²) in [5.41, 5.74) is 5.58. The Hall–Kier alpha value is -2.42. The molecular formula is C12H19N5O4. The first-order valence-electron chi connectivity index (χ1n) is 6.50. The van der Waals surface area contributed by atoms with Crippen LogP contribution in [0.4, 0.5) is 11.5 Å². The number of nitro groups is 1. The minimum absolute atomic E-state index is 0.213. The highest BCUT2D eigenvalue weighted by atomic mass is 16.6. The molecule has 0 unspecified atom stereocenters. The van der Waals surface area contributed by atoms with Crippen molar-refractivity contribution in [2.45, 2.75) is 13.8 Å². The molecule has 9 heteroatoms. The molecule has 21 heavy (non-hydrogen) atoms. The van der Waals surface area contributed by atoms with E-state index in [1.807, 2.05) is 18.7 Å². The second-order valence-electron chi connectivity index (χ2n) is 4.08. The summed E-state index contributed by atoms with van der Waals surface area (Å²) in [4.78, 5) is 16.1. The van der Waals surface area contributed by atoms with Gasteiger partial charge in [0.1, 0.15) is 12.0 Å². The van der Waals surface area contributed by atoms with Crippen molar-refractivity contribution in [3.8, 4) is 0 Å². The molecule has 0 saturated carbocycles. The van der Waals surface area contributed by atoms with E-state index in [-0.39, 0.29) is 17.1 Å². The van der Waals surface area contributed by atoms with E-state index in [0.29, 0.717) is 32.1 Å². The fraction of sp³-hybridized carbons (Fsp3) is 0.500. The smallest absolute Gasteiger partial charge is 0.288 e. The van der Waals surface area contributed by atoms with E-state index in [2.05, 4.69) is 10.1 Å². The number of aromatic nitrogens is 1. The van der Waals surface area contributed by atoms with Gasteiger partial charge in [0, 0.05) is 25.8 Å². The van der Waals surface area contributed by atoms with Crippen LogP contribution < -0.4 is 10.6 Å². The largest absolute Gasteiger partial charge is 0.409 e. The lowest BCUT2D eigenvalue weighted by Crippen LogP contribution is -2.31. The van der Waals surface area contributed by atoms with Crippen LogP contribution in [0.25, 0.3) is 0 Å². The number of hydrogen-bond donors (Lipinski definition) is 2. The molecule has 1 aromatic rings. The normalized spacial score (nSPS) is 11.4. The molecule has 1 heterocycles. The van der Waals surface area contributed by atoms with Gasteiger partial charge in [0.15, 0.2) is 5.84 Å². The molecule has 3 N–H and O–H groups in total. The van der Waals surface area contributed by atoms with Crippen LogP contribution >= 0.6 is 0 Å². The van der Waals surface area contributed by atoms with Gasteiger partial charge in [-0.25, -0.2) is 4.98 Å². The van der Waals surface area contributed by atoms with E-state index in [1.165, 1.54) is 6.07 Å². The number of amidine groups is 1. The van der Waals surface area contributed by atoms with Crippen molar-refractivity contribution in [3.05, 3.63) is 27.9 Å². The van der Waals surface area contributed by atoms with Crippen molar-refractivity contribution < 1.29 is 14.9 Å². The average Bonchev–Trinajstić information content (AvgIpc) is 2.50. The van der Waals surface area contributed by atoms with Gasteiger partial charge in [-0.1, -0.05) is 5.16 Å².